The summed E-state index contributed by atoms with van der Waals surface area (Å²) in [6, 6.07) is 0. The summed E-state index contributed by atoms with van der Waals surface area (Å²) in [6.45, 7) is 2.29. The van der Waals surface area contributed by atoms with Gasteiger partial charge in [-0.25, -0.2) is 0 Å². The van der Waals surface area contributed by atoms with E-state index in [1.54, 1.807) is 0 Å². The van der Waals surface area contributed by atoms with Crippen LogP contribution in [0.1, 0.15) is 71.1 Å². The molecule has 0 bridgehead atoms. The van der Waals surface area contributed by atoms with Crippen LogP contribution >= 0.6 is 8.95 Å². The third kappa shape index (κ3) is 13.1. The van der Waals surface area contributed by atoms with Gasteiger partial charge in [0.2, 0.25) is 0 Å². The van der Waals surface area contributed by atoms with Gasteiger partial charge in [0.25, 0.3) is 0 Å². The fourth-order valence-corrected chi connectivity index (χ4v) is 3.47. The first-order chi connectivity index (χ1) is 6.91. The summed E-state index contributed by atoms with van der Waals surface area (Å²) in [5.41, 5.74) is 0. The Hall–Kier alpha value is 1.15. The van der Waals surface area contributed by atoms with Gasteiger partial charge < -0.3 is 0 Å². The Labute approximate surface area is 107 Å². The monoisotopic (exact) mass is 322 g/mol. The first kappa shape index (κ1) is 15.1. The van der Waals surface area contributed by atoms with E-state index in [2.05, 4.69) is 15.9 Å². The van der Waals surface area contributed by atoms with Crippen LogP contribution in [0.5, 0.6) is 0 Å². The average Bonchev–Trinajstić information content (AvgIpc) is 2.21. The van der Waals surface area contributed by atoms with E-state index in [9.17, 15) is 0 Å². The van der Waals surface area contributed by atoms with E-state index in [1.807, 2.05) is 0 Å². The SMILES string of the molecule is CCCCCCCCCCCC[S][SnH]. The van der Waals surface area contributed by atoms with Crippen LogP contribution in [0.2, 0.25) is 0 Å². The summed E-state index contributed by atoms with van der Waals surface area (Å²) in [7, 11) is 2.11. The van der Waals surface area contributed by atoms with Gasteiger partial charge in [0.05, 0.1) is 0 Å². The number of unbranched alkanes of at least 4 members (excludes halogenated alkanes) is 9. The van der Waals surface area contributed by atoms with Crippen molar-refractivity contribution in [2.45, 2.75) is 71.1 Å². The first-order valence-corrected chi connectivity index (χ1v) is 11.3. The molecule has 0 rings (SSSR count). The molecule has 0 spiro atoms. The summed E-state index contributed by atoms with van der Waals surface area (Å²) < 4.78 is 0. The van der Waals surface area contributed by atoms with Gasteiger partial charge in [0.15, 0.2) is 0 Å². The van der Waals surface area contributed by atoms with Gasteiger partial charge in [-0.05, 0) is 0 Å². The topological polar surface area (TPSA) is 0 Å². The Morgan fingerprint density at radius 3 is 1.57 bits per heavy atom. The molecule has 14 heavy (non-hydrogen) atoms. The average molecular weight is 321 g/mol. The van der Waals surface area contributed by atoms with Crippen molar-refractivity contribution in [2.24, 2.45) is 0 Å². The van der Waals surface area contributed by atoms with Crippen LogP contribution in [-0.4, -0.2) is 26.9 Å². The third-order valence-corrected chi connectivity index (χ3v) is 5.16. The van der Waals surface area contributed by atoms with Crippen LogP contribution in [0.25, 0.3) is 0 Å². The van der Waals surface area contributed by atoms with Crippen molar-refractivity contribution >= 4 is 30.1 Å². The summed E-state index contributed by atoms with van der Waals surface area (Å²) in [5.74, 6) is 1.42. The van der Waals surface area contributed by atoms with Crippen molar-refractivity contribution in [3.05, 3.63) is 0 Å². The van der Waals surface area contributed by atoms with E-state index in [0.717, 1.165) is 0 Å². The molecule has 0 fully saturated rings. The zero-order valence-electron chi connectivity index (χ0n) is 9.76. The maximum atomic E-state index is 2.29. The second-order valence-electron chi connectivity index (χ2n) is 4.05. The number of rotatable bonds is 11. The second kappa shape index (κ2) is 14.1. The molecule has 0 aliphatic rings. The van der Waals surface area contributed by atoms with E-state index in [-0.39, 0.29) is 0 Å². The summed E-state index contributed by atoms with van der Waals surface area (Å²) >= 11 is 1.38. The van der Waals surface area contributed by atoms with E-state index in [1.165, 1.54) is 91.1 Å². The molecule has 0 N–H and O–H groups in total. The molecule has 0 nitrogen and oxygen atoms in total. The van der Waals surface area contributed by atoms with E-state index in [4.69, 9.17) is 0 Å². The molecule has 0 atom stereocenters. The zero-order valence-corrected chi connectivity index (χ0v) is 13.9. The molecule has 84 valence electrons. The molecule has 2 radical (unpaired) electrons. The Morgan fingerprint density at radius 2 is 1.14 bits per heavy atom. The van der Waals surface area contributed by atoms with Gasteiger partial charge in [-0.2, -0.15) is 0 Å². The number of hydrogen-bond donors (Lipinski definition) is 0. The summed E-state index contributed by atoms with van der Waals surface area (Å²) in [4.78, 5) is 0. The molecule has 0 unspecified atom stereocenters. The van der Waals surface area contributed by atoms with Crippen molar-refractivity contribution in [1.29, 1.82) is 0 Å². The molecule has 0 aromatic heterocycles. The summed E-state index contributed by atoms with van der Waals surface area (Å²) in [5, 5.41) is 0. The van der Waals surface area contributed by atoms with Crippen LogP contribution in [0, 0.1) is 0 Å². The molecule has 0 aliphatic carbocycles. The van der Waals surface area contributed by atoms with Crippen LogP contribution in [0.4, 0.5) is 0 Å². The van der Waals surface area contributed by atoms with Crippen LogP contribution in [0.3, 0.4) is 0 Å². The van der Waals surface area contributed by atoms with Crippen molar-refractivity contribution < 1.29 is 0 Å². The van der Waals surface area contributed by atoms with Crippen LogP contribution < -0.4 is 0 Å². The molecule has 2 heteroatoms. The van der Waals surface area contributed by atoms with Gasteiger partial charge in [0.1, 0.15) is 0 Å². The zero-order chi connectivity index (χ0) is 10.5. The van der Waals surface area contributed by atoms with Crippen LogP contribution in [-0.2, 0) is 0 Å². The normalized spacial score (nSPS) is 10.7. The van der Waals surface area contributed by atoms with Gasteiger partial charge in [0, 0.05) is 0 Å². The first-order valence-electron chi connectivity index (χ1n) is 6.23. The van der Waals surface area contributed by atoms with Gasteiger partial charge in [-0.15, -0.1) is 0 Å². The van der Waals surface area contributed by atoms with Crippen LogP contribution in [0.15, 0.2) is 0 Å². The van der Waals surface area contributed by atoms with Gasteiger partial charge >= 0.3 is 100 Å². The summed E-state index contributed by atoms with van der Waals surface area (Å²) in [6.07, 6.45) is 14.6. The molecule has 0 saturated heterocycles. The maximum absolute atomic E-state index is 2.29. The Balaban J connectivity index is 2.78. The van der Waals surface area contributed by atoms with Crippen molar-refractivity contribution in [1.82, 2.24) is 0 Å². The minimum absolute atomic E-state index is 1.37. The predicted octanol–water partition coefficient (Wildman–Crippen LogP) is 4.46. The fourth-order valence-electron chi connectivity index (χ4n) is 1.67. The molecule has 0 saturated carbocycles. The van der Waals surface area contributed by atoms with Crippen molar-refractivity contribution in [3.63, 3.8) is 0 Å². The van der Waals surface area contributed by atoms with Crippen molar-refractivity contribution in [2.75, 3.05) is 5.75 Å². The van der Waals surface area contributed by atoms with E-state index < -0.39 is 0 Å². The minimum atomic E-state index is 1.37. The Morgan fingerprint density at radius 1 is 0.714 bits per heavy atom. The van der Waals surface area contributed by atoms with Gasteiger partial charge in [-0.1, -0.05) is 6.92 Å². The van der Waals surface area contributed by atoms with Gasteiger partial charge in [-0.3, -0.25) is 0 Å². The predicted molar refractivity (Wildman–Crippen MR) is 71.5 cm³/mol. The van der Waals surface area contributed by atoms with E-state index >= 15 is 0 Å². The Kier molecular flexibility index (Phi) is 15.3. The standard InChI is InChI=1S/C12H26S.Sn.H/c1-2-3-4-5-6-7-8-9-10-11-12-13;;/h13H,2-12H2,1H3;;/q;+1;/p-1. The third-order valence-electron chi connectivity index (χ3n) is 2.62. The van der Waals surface area contributed by atoms with Crippen molar-refractivity contribution in [3.8, 4) is 0 Å². The molecular weight excluding hydrogens is 295 g/mol. The molecule has 0 amide bonds. The Bertz CT molecular complexity index is 84.3. The number of hydrogen-bond acceptors (Lipinski definition) is 1. The fraction of sp³-hybridized carbons (Fsp3) is 1.00. The molecular formula is C12H26SSn. The van der Waals surface area contributed by atoms with E-state index in [0.29, 0.717) is 0 Å². The molecule has 0 aromatic carbocycles. The molecule has 0 aromatic rings. The molecule has 0 aliphatic heterocycles. The molecule has 0 heterocycles. The second-order valence-corrected chi connectivity index (χ2v) is 7.65. The quantitative estimate of drug-likeness (QED) is 0.400.